The van der Waals surface area contributed by atoms with Crippen LogP contribution in [-0.4, -0.2) is 52.3 Å². The van der Waals surface area contributed by atoms with Gasteiger partial charge in [0, 0.05) is 12.8 Å². The summed E-state index contributed by atoms with van der Waals surface area (Å²) in [6.45, 7) is 5.80. The molecule has 0 aliphatic carbocycles. The number of aliphatic hydroxyl groups is 1. The van der Waals surface area contributed by atoms with Crippen molar-refractivity contribution in [3.05, 3.63) is 48.6 Å². The van der Waals surface area contributed by atoms with E-state index in [4.69, 9.17) is 19.3 Å². The zero-order valence-corrected chi connectivity index (χ0v) is 31.0. The zero-order valence-electron chi connectivity index (χ0n) is 30.1. The predicted octanol–water partition coefficient (Wildman–Crippen LogP) is 9.61. The van der Waals surface area contributed by atoms with E-state index >= 15 is 0 Å². The van der Waals surface area contributed by atoms with Crippen molar-refractivity contribution in [1.82, 2.24) is 0 Å². The van der Waals surface area contributed by atoms with Gasteiger partial charge in [-0.3, -0.25) is 14.1 Å². The fourth-order valence-electron chi connectivity index (χ4n) is 4.81. The van der Waals surface area contributed by atoms with Crippen molar-refractivity contribution in [2.24, 2.45) is 5.92 Å². The van der Waals surface area contributed by atoms with Crippen LogP contribution in [0.5, 0.6) is 0 Å². The Balaban J connectivity index is 4.16. The van der Waals surface area contributed by atoms with Gasteiger partial charge in [0.2, 0.25) is 0 Å². The fourth-order valence-corrected chi connectivity index (χ4v) is 5.17. The Hall–Kier alpha value is -2.03. The molecule has 0 aromatic rings. The summed E-state index contributed by atoms with van der Waals surface area (Å²) in [5, 5.41) is 10.0. The van der Waals surface area contributed by atoms with Crippen molar-refractivity contribution < 1.29 is 43.0 Å². The molecule has 0 aromatic heterocycles. The van der Waals surface area contributed by atoms with Gasteiger partial charge in [-0.15, -0.1) is 0 Å². The summed E-state index contributed by atoms with van der Waals surface area (Å²) in [6.07, 6.45) is 33.0. The minimum absolute atomic E-state index is 0.156. The number of allylic oxidation sites excluding steroid dienone is 6. The van der Waals surface area contributed by atoms with Gasteiger partial charge in [0.25, 0.3) is 0 Å². The molecular weight excluding hydrogens is 631 g/mol. The standard InChI is InChI=1S/C38H67O9P/c1-4-5-6-7-12-18-23-28-35(39)29-24-19-14-11-16-20-25-30-37(40)45-32-36(33-46-48(42,43)44)47-38(41)31-26-21-15-10-8-9-13-17-22-27-34(2)3/h11-12,16,18-19,23-24,28,34-36,39H,4-10,13-15,17,20-22,25-27,29-33H2,1-3H3,(H2,42,43,44)/b16-11+,18-12-,24-19-,28-23-/t35-,36-/m1/s1. The summed E-state index contributed by atoms with van der Waals surface area (Å²) in [6, 6.07) is 0. The van der Waals surface area contributed by atoms with E-state index in [9.17, 15) is 19.3 Å². The lowest BCUT2D eigenvalue weighted by Gasteiger charge is -2.18. The number of esters is 2. The third-order valence-electron chi connectivity index (χ3n) is 7.61. The molecule has 0 unspecified atom stereocenters. The summed E-state index contributed by atoms with van der Waals surface area (Å²) in [7, 11) is -4.77. The second-order valence-electron chi connectivity index (χ2n) is 12.9. The average molecular weight is 699 g/mol. The Kier molecular flexibility index (Phi) is 30.8. The third kappa shape index (κ3) is 35.3. The normalized spacial score (nSPS) is 13.8. The Morgan fingerprint density at radius 2 is 1.33 bits per heavy atom. The van der Waals surface area contributed by atoms with E-state index in [0.717, 1.165) is 38.0 Å². The maximum atomic E-state index is 12.3. The van der Waals surface area contributed by atoms with Gasteiger partial charge in [-0.2, -0.15) is 0 Å². The third-order valence-corrected chi connectivity index (χ3v) is 8.09. The van der Waals surface area contributed by atoms with E-state index in [0.29, 0.717) is 25.7 Å². The van der Waals surface area contributed by atoms with E-state index in [-0.39, 0.29) is 19.4 Å². The predicted molar refractivity (Wildman–Crippen MR) is 194 cm³/mol. The molecule has 3 N–H and O–H groups in total. The molecule has 0 aromatic carbocycles. The lowest BCUT2D eigenvalue weighted by Crippen LogP contribution is -2.29. The zero-order chi connectivity index (χ0) is 35.7. The van der Waals surface area contributed by atoms with E-state index in [1.54, 1.807) is 6.08 Å². The second-order valence-corrected chi connectivity index (χ2v) is 14.1. The van der Waals surface area contributed by atoms with Crippen LogP contribution in [0, 0.1) is 5.92 Å². The number of phosphoric ester groups is 1. The van der Waals surface area contributed by atoms with E-state index in [1.807, 2.05) is 36.5 Å². The molecule has 0 saturated heterocycles. The molecule has 278 valence electrons. The first-order valence-electron chi connectivity index (χ1n) is 18.4. The molecule has 9 nitrogen and oxygen atoms in total. The molecule has 0 bridgehead atoms. The SMILES string of the molecule is CCCCC/C=C\C=C/[C@@H](O)C/C=C\C/C=C/CCCC(=O)OC[C@H](COP(=O)(O)O)OC(=O)CCCCCCCCCCCC(C)C. The Morgan fingerprint density at radius 1 is 0.708 bits per heavy atom. The van der Waals surface area contributed by atoms with Gasteiger partial charge >= 0.3 is 19.8 Å². The molecular formula is C38H67O9P. The molecule has 48 heavy (non-hydrogen) atoms. The van der Waals surface area contributed by atoms with Gasteiger partial charge in [-0.1, -0.05) is 140 Å². The van der Waals surface area contributed by atoms with E-state index < -0.39 is 38.6 Å². The Labute approximate surface area is 291 Å². The summed E-state index contributed by atoms with van der Waals surface area (Å²) in [5.74, 6) is -0.221. The number of carbonyl (C=O) groups excluding carboxylic acids is 2. The van der Waals surface area contributed by atoms with Crippen LogP contribution in [0.15, 0.2) is 48.6 Å². The van der Waals surface area contributed by atoms with Crippen LogP contribution >= 0.6 is 7.82 Å². The molecule has 10 heteroatoms. The van der Waals surface area contributed by atoms with Gasteiger partial charge in [0.05, 0.1) is 12.7 Å². The maximum absolute atomic E-state index is 12.3. The highest BCUT2D eigenvalue weighted by atomic mass is 31.2. The van der Waals surface area contributed by atoms with Crippen molar-refractivity contribution >= 4 is 19.8 Å². The fraction of sp³-hybridized carbons (Fsp3) is 0.737. The number of unbranched alkanes of at least 4 members (excludes halogenated alkanes) is 12. The number of hydrogen-bond acceptors (Lipinski definition) is 7. The quantitative estimate of drug-likeness (QED) is 0.0206. The number of aliphatic hydroxyl groups excluding tert-OH is 1. The van der Waals surface area contributed by atoms with E-state index in [2.05, 4.69) is 31.4 Å². The largest absolute Gasteiger partial charge is 0.469 e. The van der Waals surface area contributed by atoms with Crippen molar-refractivity contribution in [1.29, 1.82) is 0 Å². The highest BCUT2D eigenvalue weighted by Gasteiger charge is 2.22. The first-order chi connectivity index (χ1) is 23.0. The van der Waals surface area contributed by atoms with Crippen LogP contribution in [0.1, 0.15) is 149 Å². The van der Waals surface area contributed by atoms with Crippen LogP contribution in [0.25, 0.3) is 0 Å². The second kappa shape index (κ2) is 32.2. The lowest BCUT2D eigenvalue weighted by atomic mass is 10.0. The van der Waals surface area contributed by atoms with Crippen LogP contribution < -0.4 is 0 Å². The van der Waals surface area contributed by atoms with Crippen LogP contribution in [0.4, 0.5) is 0 Å². The number of carbonyl (C=O) groups is 2. The highest BCUT2D eigenvalue weighted by molar-refractivity contribution is 7.46. The number of phosphoric acid groups is 1. The number of rotatable bonds is 32. The van der Waals surface area contributed by atoms with E-state index in [1.165, 1.54) is 57.8 Å². The van der Waals surface area contributed by atoms with Gasteiger partial charge in [-0.25, -0.2) is 4.57 Å². The first-order valence-corrected chi connectivity index (χ1v) is 19.9. The van der Waals surface area contributed by atoms with Crippen LogP contribution in [0.3, 0.4) is 0 Å². The van der Waals surface area contributed by atoms with Gasteiger partial charge in [-0.05, 0) is 50.9 Å². The van der Waals surface area contributed by atoms with Gasteiger partial charge in [0.1, 0.15) is 6.61 Å². The summed E-state index contributed by atoms with van der Waals surface area (Å²) >= 11 is 0. The molecule has 0 aliphatic rings. The van der Waals surface area contributed by atoms with Crippen LogP contribution in [0.2, 0.25) is 0 Å². The monoisotopic (exact) mass is 698 g/mol. The topological polar surface area (TPSA) is 140 Å². The highest BCUT2D eigenvalue weighted by Crippen LogP contribution is 2.36. The molecule has 0 fully saturated rings. The molecule has 0 rings (SSSR count). The molecule has 0 spiro atoms. The van der Waals surface area contributed by atoms with Crippen molar-refractivity contribution in [3.63, 3.8) is 0 Å². The number of ether oxygens (including phenoxy) is 2. The summed E-state index contributed by atoms with van der Waals surface area (Å²) in [5.41, 5.74) is 0. The molecule has 0 saturated carbocycles. The van der Waals surface area contributed by atoms with Gasteiger partial charge in [0.15, 0.2) is 6.10 Å². The summed E-state index contributed by atoms with van der Waals surface area (Å²) in [4.78, 5) is 42.6. The Bertz CT molecular complexity index is 952. The molecule has 0 amide bonds. The van der Waals surface area contributed by atoms with Crippen molar-refractivity contribution in [2.45, 2.75) is 161 Å². The summed E-state index contributed by atoms with van der Waals surface area (Å²) < 4.78 is 26.2. The average Bonchev–Trinajstić information content (AvgIpc) is 3.03. The minimum atomic E-state index is -4.77. The molecule has 0 radical (unpaired) electrons. The maximum Gasteiger partial charge on any atom is 0.469 e. The number of hydrogen-bond donors (Lipinski definition) is 3. The first kappa shape index (κ1) is 46.0. The van der Waals surface area contributed by atoms with Gasteiger partial charge < -0.3 is 24.4 Å². The molecule has 0 aliphatic heterocycles. The minimum Gasteiger partial charge on any atom is -0.462 e. The smallest absolute Gasteiger partial charge is 0.462 e. The van der Waals surface area contributed by atoms with Crippen molar-refractivity contribution in [3.8, 4) is 0 Å². The molecule has 2 atom stereocenters. The van der Waals surface area contributed by atoms with Crippen molar-refractivity contribution in [2.75, 3.05) is 13.2 Å². The lowest BCUT2D eigenvalue weighted by molar-refractivity contribution is -0.161. The Morgan fingerprint density at radius 3 is 2.00 bits per heavy atom. The molecule has 0 heterocycles. The van der Waals surface area contributed by atoms with Crippen LogP contribution in [-0.2, 0) is 28.2 Å².